The lowest BCUT2D eigenvalue weighted by atomic mass is 10.0. The van der Waals surface area contributed by atoms with Gasteiger partial charge in [0.15, 0.2) is 0 Å². The number of benzene rings is 1. The van der Waals surface area contributed by atoms with Gasteiger partial charge in [-0.25, -0.2) is 0 Å². The van der Waals surface area contributed by atoms with Gasteiger partial charge in [0.05, 0.1) is 24.4 Å². The fourth-order valence-electron chi connectivity index (χ4n) is 2.19. The lowest BCUT2D eigenvalue weighted by Crippen LogP contribution is -2.06. The van der Waals surface area contributed by atoms with Crippen LogP contribution in [0.2, 0.25) is 0 Å². The predicted molar refractivity (Wildman–Crippen MR) is 82.6 cm³/mol. The largest absolute Gasteiger partial charge is 0.496 e. The summed E-state index contributed by atoms with van der Waals surface area (Å²) in [6.07, 6.45) is 1.59. The number of fused-ring (bicyclic) bond motifs is 1. The molecule has 0 fully saturated rings. The van der Waals surface area contributed by atoms with Crippen LogP contribution in [0.4, 0.5) is 0 Å². The van der Waals surface area contributed by atoms with E-state index in [1.165, 1.54) is 14.2 Å². The van der Waals surface area contributed by atoms with Crippen LogP contribution in [0.5, 0.6) is 11.5 Å². The maximum absolute atomic E-state index is 12.8. The first-order valence-electron chi connectivity index (χ1n) is 6.33. The number of ether oxygens (including phenoxy) is 2. The number of pyridine rings is 1. The summed E-state index contributed by atoms with van der Waals surface area (Å²) in [5.41, 5.74) is 1.83. The molecule has 0 aliphatic carbocycles. The molecule has 5 heteroatoms. The van der Waals surface area contributed by atoms with Crippen molar-refractivity contribution in [1.29, 1.82) is 0 Å². The summed E-state index contributed by atoms with van der Waals surface area (Å²) < 4.78 is 11.5. The molecule has 2 aromatic heterocycles. The molecule has 3 aromatic rings. The van der Waals surface area contributed by atoms with Crippen molar-refractivity contribution in [2.24, 2.45) is 0 Å². The Morgan fingerprint density at radius 3 is 2.52 bits per heavy atom. The van der Waals surface area contributed by atoms with Crippen molar-refractivity contribution in [2.75, 3.05) is 14.2 Å². The number of thiophene rings is 1. The number of aromatic nitrogens is 1. The normalized spacial score (nSPS) is 10.6. The van der Waals surface area contributed by atoms with E-state index in [1.807, 2.05) is 17.5 Å². The zero-order valence-corrected chi connectivity index (χ0v) is 12.4. The molecule has 0 radical (unpaired) electrons. The zero-order valence-electron chi connectivity index (χ0n) is 11.6. The van der Waals surface area contributed by atoms with Gasteiger partial charge in [-0.2, -0.15) is 0 Å². The lowest BCUT2D eigenvalue weighted by molar-refractivity contribution is 0.103. The van der Waals surface area contributed by atoms with Gasteiger partial charge in [-0.1, -0.05) is 6.07 Å². The molecule has 0 aliphatic heterocycles. The molecule has 0 aliphatic rings. The second-order valence-electron chi connectivity index (χ2n) is 4.39. The van der Waals surface area contributed by atoms with Crippen LogP contribution in [0.15, 0.2) is 41.9 Å². The molecule has 2 heterocycles. The van der Waals surface area contributed by atoms with E-state index in [0.29, 0.717) is 22.6 Å². The smallest absolute Gasteiger partial charge is 0.202 e. The molecule has 0 saturated heterocycles. The first-order chi connectivity index (χ1) is 10.2. The summed E-state index contributed by atoms with van der Waals surface area (Å²) in [7, 11) is 3.07. The highest BCUT2D eigenvalue weighted by atomic mass is 32.1. The van der Waals surface area contributed by atoms with E-state index in [-0.39, 0.29) is 5.78 Å². The van der Waals surface area contributed by atoms with E-state index in [1.54, 1.807) is 35.7 Å². The Balaban J connectivity index is 2.13. The minimum Gasteiger partial charge on any atom is -0.496 e. The molecule has 0 N–H and O–H groups in total. The van der Waals surface area contributed by atoms with E-state index < -0.39 is 0 Å². The van der Waals surface area contributed by atoms with Gasteiger partial charge in [0.2, 0.25) is 5.78 Å². The standard InChI is InChI=1S/C16H13NO3S/c1-19-12-4-3-5-13(20-2)15(12)16(18)10-8-14-11(17-9-10)6-7-21-14/h3-9H,1-2H3. The molecule has 3 rings (SSSR count). The highest BCUT2D eigenvalue weighted by Crippen LogP contribution is 2.31. The molecule has 106 valence electrons. The van der Waals surface area contributed by atoms with Crippen molar-refractivity contribution >= 4 is 27.3 Å². The summed E-state index contributed by atoms with van der Waals surface area (Å²) >= 11 is 1.56. The number of hydrogen-bond donors (Lipinski definition) is 0. The van der Waals surface area contributed by atoms with Gasteiger partial charge in [0.25, 0.3) is 0 Å². The predicted octanol–water partition coefficient (Wildman–Crippen LogP) is 3.54. The third kappa shape index (κ3) is 2.36. The van der Waals surface area contributed by atoms with Crippen molar-refractivity contribution in [1.82, 2.24) is 4.98 Å². The molecule has 0 amide bonds. The van der Waals surface area contributed by atoms with Crippen LogP contribution in [0, 0.1) is 0 Å². The summed E-state index contributed by atoms with van der Waals surface area (Å²) in [6, 6.07) is 9.05. The van der Waals surface area contributed by atoms with Crippen LogP contribution in [0.3, 0.4) is 0 Å². The van der Waals surface area contributed by atoms with Gasteiger partial charge in [0.1, 0.15) is 17.1 Å². The number of rotatable bonds is 4. The van der Waals surface area contributed by atoms with Crippen LogP contribution in [-0.4, -0.2) is 25.0 Å². The Morgan fingerprint density at radius 2 is 1.86 bits per heavy atom. The first kappa shape index (κ1) is 13.6. The maximum atomic E-state index is 12.8. The topological polar surface area (TPSA) is 48.4 Å². The fraction of sp³-hybridized carbons (Fsp3) is 0.125. The number of carbonyl (C=O) groups excluding carboxylic acids is 1. The lowest BCUT2D eigenvalue weighted by Gasteiger charge is -2.11. The number of carbonyl (C=O) groups is 1. The summed E-state index contributed by atoms with van der Waals surface area (Å²) in [5, 5.41) is 1.95. The fourth-order valence-corrected chi connectivity index (χ4v) is 2.97. The van der Waals surface area contributed by atoms with Crippen LogP contribution in [0.1, 0.15) is 15.9 Å². The number of methoxy groups -OCH3 is 2. The van der Waals surface area contributed by atoms with Crippen molar-refractivity contribution in [3.05, 3.63) is 53.0 Å². The maximum Gasteiger partial charge on any atom is 0.202 e. The van der Waals surface area contributed by atoms with E-state index in [2.05, 4.69) is 4.98 Å². The van der Waals surface area contributed by atoms with Gasteiger partial charge >= 0.3 is 0 Å². The first-order valence-corrected chi connectivity index (χ1v) is 7.21. The van der Waals surface area contributed by atoms with Gasteiger partial charge in [0, 0.05) is 11.8 Å². The molecule has 0 bridgehead atoms. The van der Waals surface area contributed by atoms with Crippen molar-refractivity contribution in [2.45, 2.75) is 0 Å². The minimum atomic E-state index is -0.160. The number of ketones is 1. The highest BCUT2D eigenvalue weighted by Gasteiger charge is 2.20. The molecule has 0 atom stereocenters. The molecular formula is C16H13NO3S. The Kier molecular flexibility index (Phi) is 3.58. The summed E-state index contributed by atoms with van der Waals surface area (Å²) in [6.45, 7) is 0. The Bertz CT molecular complexity index is 788. The van der Waals surface area contributed by atoms with Crippen molar-refractivity contribution in [3.63, 3.8) is 0 Å². The molecule has 0 spiro atoms. The van der Waals surface area contributed by atoms with E-state index in [0.717, 1.165) is 10.2 Å². The van der Waals surface area contributed by atoms with Gasteiger partial charge in [-0.05, 0) is 29.6 Å². The average Bonchev–Trinajstić information content (AvgIpc) is 3.00. The van der Waals surface area contributed by atoms with Crippen LogP contribution < -0.4 is 9.47 Å². The van der Waals surface area contributed by atoms with E-state index in [4.69, 9.17) is 9.47 Å². The van der Waals surface area contributed by atoms with Crippen LogP contribution >= 0.6 is 11.3 Å². The second kappa shape index (κ2) is 5.54. The van der Waals surface area contributed by atoms with Crippen LogP contribution in [-0.2, 0) is 0 Å². The third-order valence-electron chi connectivity index (χ3n) is 3.22. The zero-order chi connectivity index (χ0) is 14.8. The summed E-state index contributed by atoms with van der Waals surface area (Å²) in [5.74, 6) is 0.823. The van der Waals surface area contributed by atoms with E-state index >= 15 is 0 Å². The Labute approximate surface area is 126 Å². The third-order valence-corrected chi connectivity index (χ3v) is 4.07. The van der Waals surface area contributed by atoms with Gasteiger partial charge < -0.3 is 9.47 Å². The molecule has 0 saturated carbocycles. The quantitative estimate of drug-likeness (QED) is 0.691. The SMILES string of the molecule is COc1cccc(OC)c1C(=O)c1cnc2ccsc2c1. The van der Waals surface area contributed by atoms with Gasteiger partial charge in [-0.3, -0.25) is 9.78 Å². The Morgan fingerprint density at radius 1 is 1.14 bits per heavy atom. The molecule has 4 nitrogen and oxygen atoms in total. The van der Waals surface area contributed by atoms with Crippen LogP contribution in [0.25, 0.3) is 10.2 Å². The van der Waals surface area contributed by atoms with E-state index in [9.17, 15) is 4.79 Å². The number of nitrogens with zero attached hydrogens (tertiary/aromatic N) is 1. The molecule has 21 heavy (non-hydrogen) atoms. The number of hydrogen-bond acceptors (Lipinski definition) is 5. The molecular weight excluding hydrogens is 286 g/mol. The average molecular weight is 299 g/mol. The van der Waals surface area contributed by atoms with Crippen molar-refractivity contribution < 1.29 is 14.3 Å². The van der Waals surface area contributed by atoms with Gasteiger partial charge in [-0.15, -0.1) is 11.3 Å². The minimum absolute atomic E-state index is 0.160. The molecule has 1 aromatic carbocycles. The molecule has 0 unspecified atom stereocenters. The Hall–Kier alpha value is -2.40. The monoisotopic (exact) mass is 299 g/mol. The second-order valence-corrected chi connectivity index (χ2v) is 5.34. The van der Waals surface area contributed by atoms with Crippen molar-refractivity contribution in [3.8, 4) is 11.5 Å². The summed E-state index contributed by atoms with van der Waals surface area (Å²) in [4.78, 5) is 17.1. The highest BCUT2D eigenvalue weighted by molar-refractivity contribution is 7.17.